The first kappa shape index (κ1) is 115. The molecule has 0 radical (unpaired) electrons. The van der Waals surface area contributed by atoms with E-state index in [-0.39, 0.29) is 55.1 Å². The molecule has 8 heterocycles. The van der Waals surface area contributed by atoms with Gasteiger partial charge in [-0.25, -0.2) is 29.6 Å². The third-order valence-electron chi connectivity index (χ3n) is 24.4. The van der Waals surface area contributed by atoms with Gasteiger partial charge >= 0.3 is 19.5 Å². The fraction of sp³-hybridized carbons (Fsp3) is 0.455. The fourth-order valence-corrected chi connectivity index (χ4v) is 16.7. The molecule has 46 heteroatoms. The van der Waals surface area contributed by atoms with E-state index in [0.29, 0.717) is 102 Å². The van der Waals surface area contributed by atoms with E-state index in [1.54, 1.807) is 73.7 Å². The first-order valence-electron chi connectivity index (χ1n) is 48.8. The highest BCUT2D eigenvalue weighted by Gasteiger charge is 2.33. The van der Waals surface area contributed by atoms with Gasteiger partial charge in [-0.05, 0) is 191 Å². The van der Waals surface area contributed by atoms with Gasteiger partial charge < -0.3 is 104 Å². The maximum Gasteiger partial charge on any atom is 0.329 e. The Morgan fingerprint density at radius 1 is 0.435 bits per heavy atom. The maximum absolute atomic E-state index is 11.7. The molecular weight excluding hydrogens is 1900 g/mol. The van der Waals surface area contributed by atoms with Crippen molar-refractivity contribution in [3.8, 4) is 28.7 Å². The molecule has 0 saturated heterocycles. The van der Waals surface area contributed by atoms with E-state index >= 15 is 0 Å². The zero-order chi connectivity index (χ0) is 107. The van der Waals surface area contributed by atoms with Gasteiger partial charge in [-0.1, -0.05) is 138 Å². The molecule has 0 amide bonds. The number of hydrogen-bond donors (Lipinski definition) is 17. The number of aliphatic carboxylic acids is 2. The topological polar surface area (TPSA) is 670 Å². The van der Waals surface area contributed by atoms with Crippen molar-refractivity contribution in [1.29, 1.82) is 0 Å². The minimum Gasteiger partial charge on any atom is -0.496 e. The molecule has 0 aliphatic carbocycles. The molecule has 790 valence electrons. The van der Waals surface area contributed by atoms with Crippen LogP contribution in [0.25, 0.3) is 0 Å². The first-order valence-corrected chi connectivity index (χ1v) is 50.5. The maximum atomic E-state index is 11.7. The molecule has 0 saturated carbocycles. The number of tetrazole rings is 3. The second-order valence-electron chi connectivity index (χ2n) is 36.2. The number of nitrogens with one attached hydrogen (secondary N) is 7. The number of unbranched alkanes of at least 4 members (excludes halogenated alkanes) is 4. The average Bonchev–Trinajstić information content (AvgIpc) is 0.944. The van der Waals surface area contributed by atoms with E-state index < -0.39 is 30.4 Å². The van der Waals surface area contributed by atoms with Gasteiger partial charge in [-0.15, -0.1) is 25.5 Å². The smallest absolute Gasteiger partial charge is 0.329 e. The third-order valence-corrected chi connectivity index (χ3v) is 25.1. The molecule has 0 spiro atoms. The van der Waals surface area contributed by atoms with Crippen LogP contribution in [-0.2, 0) is 82.6 Å². The summed E-state index contributed by atoms with van der Waals surface area (Å²) in [4.78, 5) is 84.8. The average molecular weight is 2040 g/mol. The molecule has 13 rings (SSSR count). The van der Waals surface area contributed by atoms with Gasteiger partial charge in [-0.3, -0.25) is 14.2 Å². The van der Waals surface area contributed by atoms with Crippen LogP contribution in [0.4, 0.5) is 58.8 Å². The third kappa shape index (κ3) is 33.7. The summed E-state index contributed by atoms with van der Waals surface area (Å²) in [6.07, 6.45) is 13.4. The number of methoxy groups -OCH3 is 5. The lowest BCUT2D eigenvalue weighted by Crippen LogP contribution is -2.28. The van der Waals surface area contributed by atoms with Crippen molar-refractivity contribution in [3.63, 3.8) is 0 Å². The van der Waals surface area contributed by atoms with Crippen molar-refractivity contribution in [2.24, 2.45) is 0 Å². The van der Waals surface area contributed by atoms with E-state index in [1.807, 2.05) is 89.2 Å². The predicted molar refractivity (Wildman–Crippen MR) is 566 cm³/mol. The van der Waals surface area contributed by atoms with Crippen LogP contribution in [0.5, 0.6) is 28.7 Å². The van der Waals surface area contributed by atoms with Crippen molar-refractivity contribution in [2.75, 3.05) is 124 Å². The van der Waals surface area contributed by atoms with Crippen LogP contribution in [0, 0.1) is 34.6 Å². The minimum absolute atomic E-state index is 0.0136. The molecule has 8 aromatic heterocycles. The lowest BCUT2D eigenvalue weighted by Gasteiger charge is -2.23. The molecule has 45 nitrogen and oxygen atoms in total. The number of aliphatic hydroxyl groups is 1. The van der Waals surface area contributed by atoms with Crippen LogP contribution in [-0.4, -0.2) is 223 Å². The number of aryl methyl sites for hydroxylation is 5. The van der Waals surface area contributed by atoms with Gasteiger partial charge in [0.2, 0.25) is 29.7 Å². The van der Waals surface area contributed by atoms with Crippen molar-refractivity contribution in [2.45, 2.75) is 236 Å². The van der Waals surface area contributed by atoms with Gasteiger partial charge in [-0.2, -0.15) is 35.3 Å². The van der Waals surface area contributed by atoms with Gasteiger partial charge in [0, 0.05) is 127 Å². The summed E-state index contributed by atoms with van der Waals surface area (Å²) in [5.41, 5.74) is 45.5. The van der Waals surface area contributed by atoms with Crippen LogP contribution in [0.1, 0.15) is 256 Å². The van der Waals surface area contributed by atoms with Crippen LogP contribution < -0.4 is 78.9 Å². The second-order valence-corrected chi connectivity index (χ2v) is 37.9. The Morgan fingerprint density at radius 3 is 1.13 bits per heavy atom. The number of H-pyrrole nitrogens is 2. The predicted octanol–water partition coefficient (Wildman–Crippen LogP) is 12.9. The first-order chi connectivity index (χ1) is 70.2. The number of carbonyl (C=O) groups is 2. The number of aliphatic hydroxyl groups excluding tert-OH is 1. The molecular formula is C101H143N32O13P. The van der Waals surface area contributed by atoms with E-state index in [0.717, 1.165) is 220 Å². The van der Waals surface area contributed by atoms with E-state index in [1.165, 1.54) is 4.68 Å². The van der Waals surface area contributed by atoms with E-state index in [2.05, 4.69) is 194 Å². The van der Waals surface area contributed by atoms with Crippen molar-refractivity contribution >= 4 is 78.4 Å². The Morgan fingerprint density at radius 2 is 0.782 bits per heavy atom. The van der Waals surface area contributed by atoms with Crippen LogP contribution in [0.3, 0.4) is 0 Å². The molecule has 1 atom stereocenters. The summed E-state index contributed by atoms with van der Waals surface area (Å²) in [7, 11) is 3.96. The number of ether oxygens (including phenoxy) is 5. The van der Waals surface area contributed by atoms with E-state index in [9.17, 15) is 34.2 Å². The Bertz CT molecular complexity index is 6510. The molecule has 22 N–H and O–H groups in total. The Kier molecular flexibility index (Phi) is 43.7. The van der Waals surface area contributed by atoms with Gasteiger partial charge in [0.1, 0.15) is 64.4 Å². The van der Waals surface area contributed by atoms with Crippen molar-refractivity contribution in [3.05, 3.63) is 220 Å². The van der Waals surface area contributed by atoms with E-state index in [4.69, 9.17) is 57.5 Å². The lowest BCUT2D eigenvalue weighted by atomic mass is 9.82. The molecule has 0 bridgehead atoms. The molecule has 147 heavy (non-hydrogen) atoms. The summed E-state index contributed by atoms with van der Waals surface area (Å²) < 4.78 is 40.3. The summed E-state index contributed by atoms with van der Waals surface area (Å²) >= 11 is 0. The number of aromatic amines is 2. The molecule has 0 fully saturated rings. The number of carboxylic acid groups (broad SMARTS) is 2. The number of nitrogens with zero attached hydrogens (tertiary/aromatic N) is 20. The quantitative estimate of drug-likeness (QED) is 0.0124. The highest BCUT2D eigenvalue weighted by molar-refractivity contribution is 7.50. The molecule has 1 unspecified atom stereocenters. The van der Waals surface area contributed by atoms with Crippen LogP contribution >= 0.6 is 7.60 Å². The lowest BCUT2D eigenvalue weighted by molar-refractivity contribution is -0.142. The second kappa shape index (κ2) is 55.7. The number of benzene rings is 5. The normalized spacial score (nSPS) is 11.4. The molecule has 5 aromatic carbocycles. The number of rotatable bonds is 48. The standard InChI is InChI=1S/C21H28N8O3.C21H30N8O.C21H30N4O3.C20H28N8O2.C18H27N4O4P/c1-4-5-8-23-20-16(13(2)24-21(22)25-20)11-15-9-14(6-7-17(15)32-3)10-18-26-27-28-29(18)12-19(30)31;1-6-7-10-23-18-16(13(2)24-20(22)25-18)12-14-11-15(8-9-17(14)30-5)21(3,4)19-26-28-29-27-19;1-6-7-10-23-18-16(13(2)24-20(22)25-18)12-14-11-15(8-9-17(14)28-5)21(3,4)19(26)27;1-4-5-15(11-29)23-19-16(12(2)22-20(21)24-19)10-14-8-13(6-7-17(14)30-3)9-18-25-27-28-26-18;1-4-5-8-20-17-15(12(2)21-18(19)22-17)10-14-9-13(11-27(23,24)25)6-7-16(14)26-3/h6-7,9H,4-5,8,10-12H2,1-3H3,(H,30,31)(H3,22,23,24,25);8-9,11H,6-7,10,12H2,1-5H3,(H3,22,23,24,25)(H,26,27,28,29);8-9,11H,6-7,10,12H2,1-5H3,(H,26,27)(H3,22,23,24,25);6-8,15,29H,4-5,9-11H2,1-3H3,(H3,21,22,23,24)(H,25,26,27,28);6-7,9H,4-5,8,10-11H2,1-3H3,(H2,23,24,25)(H3,19,20,21,22). The highest BCUT2D eigenvalue weighted by atomic mass is 31.2. The summed E-state index contributed by atoms with van der Waals surface area (Å²) in [6.45, 7) is 30.6. The Balaban J connectivity index is 0.000000205. The number of carboxylic acids is 2. The van der Waals surface area contributed by atoms with Crippen molar-refractivity contribution < 1.29 is 62.9 Å². The number of nitrogens with two attached hydrogens (primary N) is 5. The Labute approximate surface area is 856 Å². The Hall–Kier alpha value is -15.2. The van der Waals surface area contributed by atoms with Gasteiger partial charge in [0.25, 0.3) is 0 Å². The number of aromatic nitrogens is 22. The van der Waals surface area contributed by atoms with Gasteiger partial charge in [0.15, 0.2) is 17.5 Å². The zero-order valence-electron chi connectivity index (χ0n) is 87.5. The summed E-state index contributed by atoms with van der Waals surface area (Å²) in [5.74, 6) is 8.14. The molecule has 0 aliphatic rings. The van der Waals surface area contributed by atoms with Crippen LogP contribution in [0.15, 0.2) is 91.0 Å². The monoisotopic (exact) mass is 2040 g/mol. The largest absolute Gasteiger partial charge is 0.496 e. The SMILES string of the molecule is CCCC(CO)Nc1nc(N)nc(C)c1Cc1cc(Cc2nn[nH]n2)ccc1OC.CCCCNc1nc(N)nc(C)c1Cc1cc(C(C)(C)C(=O)O)ccc1OC.CCCCNc1nc(N)nc(C)c1Cc1cc(C(C)(C)c2nn[nH]n2)ccc1OC.CCCCNc1nc(N)nc(C)c1Cc1cc(CP(=O)(O)O)ccc1OC.CCCCNc1nc(N)nc(C)c1Cc1cc(Cc2nnnn2CC(=O)O)ccc1OC. The van der Waals surface area contributed by atoms with Gasteiger partial charge in [0.05, 0.1) is 65.2 Å². The summed E-state index contributed by atoms with van der Waals surface area (Å²) in [5, 5.41) is 85.1. The number of hydrogen-bond acceptors (Lipinski definition) is 38. The van der Waals surface area contributed by atoms with Crippen molar-refractivity contribution in [1.82, 2.24) is 111 Å². The fourth-order valence-electron chi connectivity index (χ4n) is 16.1. The summed E-state index contributed by atoms with van der Waals surface area (Å²) in [6, 6.07) is 28.4. The highest BCUT2D eigenvalue weighted by Crippen LogP contribution is 2.42. The molecule has 0 aliphatic heterocycles. The number of anilines is 10. The molecule has 13 aromatic rings. The zero-order valence-corrected chi connectivity index (χ0v) is 88.4. The van der Waals surface area contributed by atoms with Crippen LogP contribution in [0.2, 0.25) is 0 Å². The number of nitrogen functional groups attached to an aromatic ring is 5. The minimum atomic E-state index is -4.15.